The number of benzene rings is 2. The first-order valence-electron chi connectivity index (χ1n) is 10.5. The molecule has 0 saturated heterocycles. The minimum absolute atomic E-state index is 0.114. The molecule has 0 aromatic heterocycles. The third-order valence-electron chi connectivity index (χ3n) is 5.23. The van der Waals surface area contributed by atoms with Gasteiger partial charge >= 0.3 is 11.9 Å². The standard InChI is InChI=1S/C26H28N2O4/c1-4-27(18-20-12-6-5-7-13-20)19-21-14-8-9-16-23(21)28-17-11-10-15-22(25(29)31-2)24(28)26(30)32-3/h5-17H,4,18-19H2,1-3H3. The fourth-order valence-electron chi connectivity index (χ4n) is 3.59. The highest BCUT2D eigenvalue weighted by Gasteiger charge is 2.28. The summed E-state index contributed by atoms with van der Waals surface area (Å²) in [5, 5.41) is 0. The highest BCUT2D eigenvalue weighted by atomic mass is 16.5. The third-order valence-corrected chi connectivity index (χ3v) is 5.23. The van der Waals surface area contributed by atoms with Crippen molar-refractivity contribution in [1.29, 1.82) is 0 Å². The molecule has 0 unspecified atom stereocenters. The average molecular weight is 433 g/mol. The SMILES string of the molecule is CCN(Cc1ccccc1)Cc1ccccc1N1C=CC=CC(C(=O)OC)=C1C(=O)OC. The van der Waals surface area contributed by atoms with E-state index < -0.39 is 11.9 Å². The van der Waals surface area contributed by atoms with Crippen molar-refractivity contribution in [2.75, 3.05) is 25.7 Å². The maximum Gasteiger partial charge on any atom is 0.355 e. The Labute approximate surface area is 189 Å². The van der Waals surface area contributed by atoms with Gasteiger partial charge in [0.1, 0.15) is 5.70 Å². The van der Waals surface area contributed by atoms with Gasteiger partial charge in [-0.25, -0.2) is 9.59 Å². The number of carbonyl (C=O) groups excluding carboxylic acids is 2. The molecule has 0 saturated carbocycles. The maximum atomic E-state index is 12.8. The lowest BCUT2D eigenvalue weighted by atomic mass is 10.1. The lowest BCUT2D eigenvalue weighted by molar-refractivity contribution is -0.139. The van der Waals surface area contributed by atoms with E-state index in [1.165, 1.54) is 19.8 Å². The molecular formula is C26H28N2O4. The summed E-state index contributed by atoms with van der Waals surface area (Å²) in [5.74, 6) is -1.22. The van der Waals surface area contributed by atoms with Crippen LogP contribution in [0.25, 0.3) is 0 Å². The van der Waals surface area contributed by atoms with Crippen LogP contribution < -0.4 is 4.90 Å². The van der Waals surface area contributed by atoms with E-state index >= 15 is 0 Å². The molecule has 0 amide bonds. The van der Waals surface area contributed by atoms with Crippen molar-refractivity contribution >= 4 is 17.6 Å². The van der Waals surface area contributed by atoms with Crippen LogP contribution >= 0.6 is 0 Å². The van der Waals surface area contributed by atoms with E-state index in [2.05, 4.69) is 24.0 Å². The van der Waals surface area contributed by atoms with Crippen molar-refractivity contribution in [2.24, 2.45) is 0 Å². The normalized spacial score (nSPS) is 13.3. The average Bonchev–Trinajstić information content (AvgIpc) is 3.06. The second-order valence-electron chi connectivity index (χ2n) is 7.23. The molecule has 0 radical (unpaired) electrons. The van der Waals surface area contributed by atoms with E-state index in [0.29, 0.717) is 6.54 Å². The zero-order chi connectivity index (χ0) is 22.9. The highest BCUT2D eigenvalue weighted by Crippen LogP contribution is 2.30. The molecule has 166 valence electrons. The van der Waals surface area contributed by atoms with Gasteiger partial charge in [0, 0.05) is 19.3 Å². The Hall–Kier alpha value is -3.64. The summed E-state index contributed by atoms with van der Waals surface area (Å²) in [6.07, 6.45) is 6.79. The van der Waals surface area contributed by atoms with E-state index in [4.69, 9.17) is 9.47 Å². The lowest BCUT2D eigenvalue weighted by Crippen LogP contribution is -2.29. The number of esters is 2. The fraction of sp³-hybridized carbons (Fsp3) is 0.231. The molecule has 2 aromatic carbocycles. The van der Waals surface area contributed by atoms with E-state index in [1.54, 1.807) is 29.3 Å². The quantitative estimate of drug-likeness (QED) is 0.583. The van der Waals surface area contributed by atoms with Crippen molar-refractivity contribution in [2.45, 2.75) is 20.0 Å². The first-order valence-corrected chi connectivity index (χ1v) is 10.5. The van der Waals surface area contributed by atoms with Crippen LogP contribution in [0.4, 0.5) is 5.69 Å². The topological polar surface area (TPSA) is 59.1 Å². The van der Waals surface area contributed by atoms with Crippen molar-refractivity contribution in [3.8, 4) is 0 Å². The summed E-state index contributed by atoms with van der Waals surface area (Å²) >= 11 is 0. The number of allylic oxidation sites excluding steroid dienone is 2. The molecule has 2 aromatic rings. The Morgan fingerprint density at radius 3 is 2.25 bits per heavy atom. The molecule has 6 heteroatoms. The van der Waals surface area contributed by atoms with Gasteiger partial charge in [-0.2, -0.15) is 0 Å². The zero-order valence-corrected chi connectivity index (χ0v) is 18.7. The van der Waals surface area contributed by atoms with Gasteiger partial charge in [-0.05, 0) is 35.9 Å². The molecule has 0 N–H and O–H groups in total. The van der Waals surface area contributed by atoms with Crippen LogP contribution in [0.5, 0.6) is 0 Å². The van der Waals surface area contributed by atoms with Gasteiger partial charge in [-0.1, -0.05) is 61.5 Å². The first kappa shape index (κ1) is 23.0. The van der Waals surface area contributed by atoms with E-state index in [-0.39, 0.29) is 11.3 Å². The number of anilines is 1. The minimum Gasteiger partial charge on any atom is -0.465 e. The Balaban J connectivity index is 2.01. The number of para-hydroxylation sites is 1. The first-order chi connectivity index (χ1) is 15.6. The second-order valence-corrected chi connectivity index (χ2v) is 7.23. The van der Waals surface area contributed by atoms with Crippen molar-refractivity contribution in [1.82, 2.24) is 4.90 Å². The Morgan fingerprint density at radius 2 is 1.56 bits per heavy atom. The summed E-state index contributed by atoms with van der Waals surface area (Å²) in [4.78, 5) is 29.2. The molecule has 0 spiro atoms. The predicted molar refractivity (Wildman–Crippen MR) is 124 cm³/mol. The summed E-state index contributed by atoms with van der Waals surface area (Å²) in [5.41, 5.74) is 3.29. The molecule has 0 aliphatic carbocycles. The van der Waals surface area contributed by atoms with Gasteiger partial charge < -0.3 is 14.4 Å². The molecule has 1 aliphatic heterocycles. The number of ether oxygens (including phenoxy) is 2. The van der Waals surface area contributed by atoms with Crippen LogP contribution in [0.1, 0.15) is 18.1 Å². The lowest BCUT2D eigenvalue weighted by Gasteiger charge is -2.28. The maximum absolute atomic E-state index is 12.8. The largest absolute Gasteiger partial charge is 0.465 e. The van der Waals surface area contributed by atoms with E-state index in [0.717, 1.165) is 24.3 Å². The number of nitrogens with zero attached hydrogens (tertiary/aromatic N) is 2. The Morgan fingerprint density at radius 1 is 0.875 bits per heavy atom. The number of hydrogen-bond acceptors (Lipinski definition) is 6. The van der Waals surface area contributed by atoms with Crippen LogP contribution in [0.3, 0.4) is 0 Å². The monoisotopic (exact) mass is 432 g/mol. The highest BCUT2D eigenvalue weighted by molar-refractivity contribution is 6.05. The summed E-state index contributed by atoms with van der Waals surface area (Å²) in [6, 6.07) is 18.1. The van der Waals surface area contributed by atoms with Crippen LogP contribution in [0, 0.1) is 0 Å². The Kier molecular flexibility index (Phi) is 8.00. The molecule has 32 heavy (non-hydrogen) atoms. The van der Waals surface area contributed by atoms with E-state index in [9.17, 15) is 9.59 Å². The van der Waals surface area contributed by atoms with Crippen molar-refractivity contribution < 1.29 is 19.1 Å². The van der Waals surface area contributed by atoms with Crippen LogP contribution in [-0.2, 0) is 32.2 Å². The summed E-state index contributed by atoms with van der Waals surface area (Å²) < 4.78 is 9.93. The fourth-order valence-corrected chi connectivity index (χ4v) is 3.59. The second kappa shape index (κ2) is 11.1. The zero-order valence-electron chi connectivity index (χ0n) is 18.7. The van der Waals surface area contributed by atoms with Gasteiger partial charge in [-0.3, -0.25) is 4.90 Å². The molecule has 0 fully saturated rings. The molecular weight excluding hydrogens is 404 g/mol. The van der Waals surface area contributed by atoms with Crippen LogP contribution in [0.2, 0.25) is 0 Å². The number of rotatable bonds is 8. The van der Waals surface area contributed by atoms with Gasteiger partial charge in [0.05, 0.1) is 25.5 Å². The summed E-state index contributed by atoms with van der Waals surface area (Å²) in [6.45, 7) is 4.45. The number of methoxy groups -OCH3 is 2. The minimum atomic E-state index is -0.618. The van der Waals surface area contributed by atoms with Gasteiger partial charge in [0.2, 0.25) is 0 Å². The van der Waals surface area contributed by atoms with Crippen LogP contribution in [0.15, 0.2) is 90.3 Å². The predicted octanol–water partition coefficient (Wildman–Crippen LogP) is 4.20. The van der Waals surface area contributed by atoms with Gasteiger partial charge in [0.15, 0.2) is 0 Å². The number of carbonyl (C=O) groups is 2. The molecule has 0 atom stereocenters. The van der Waals surface area contributed by atoms with E-state index in [1.807, 2.05) is 42.5 Å². The van der Waals surface area contributed by atoms with Crippen molar-refractivity contribution in [3.05, 3.63) is 101 Å². The molecule has 6 nitrogen and oxygen atoms in total. The molecule has 1 heterocycles. The smallest absolute Gasteiger partial charge is 0.355 e. The Bertz CT molecular complexity index is 1040. The molecule has 3 rings (SSSR count). The van der Waals surface area contributed by atoms with Crippen LogP contribution in [-0.4, -0.2) is 37.6 Å². The molecule has 1 aliphatic rings. The third kappa shape index (κ3) is 5.34. The summed E-state index contributed by atoms with van der Waals surface area (Å²) in [7, 11) is 2.59. The van der Waals surface area contributed by atoms with Gasteiger partial charge in [0.25, 0.3) is 0 Å². The number of hydrogen-bond donors (Lipinski definition) is 0. The van der Waals surface area contributed by atoms with Crippen molar-refractivity contribution in [3.63, 3.8) is 0 Å². The molecule has 0 bridgehead atoms. The van der Waals surface area contributed by atoms with Gasteiger partial charge in [-0.15, -0.1) is 0 Å².